The highest BCUT2D eigenvalue weighted by Crippen LogP contribution is 2.37. The van der Waals surface area contributed by atoms with E-state index in [0.717, 1.165) is 23.3 Å². The summed E-state index contributed by atoms with van der Waals surface area (Å²) in [5.74, 6) is 1.35. The van der Waals surface area contributed by atoms with Gasteiger partial charge >= 0.3 is 0 Å². The molecule has 1 N–H and O–H groups in total. The predicted octanol–water partition coefficient (Wildman–Crippen LogP) is 4.99. The Morgan fingerprint density at radius 2 is 1.94 bits per heavy atom. The van der Waals surface area contributed by atoms with Crippen LogP contribution < -0.4 is 15.6 Å². The highest BCUT2D eigenvalue weighted by Gasteiger charge is 2.32. The molecule has 3 aromatic rings. The maximum atomic E-state index is 13.1. The molecule has 0 fully saturated rings. The molecule has 0 radical (unpaired) electrons. The first-order valence-electron chi connectivity index (χ1n) is 10.5. The van der Waals surface area contributed by atoms with Gasteiger partial charge in [0.25, 0.3) is 5.56 Å². The van der Waals surface area contributed by atoms with Crippen LogP contribution in [0.15, 0.2) is 58.5 Å². The van der Waals surface area contributed by atoms with E-state index in [4.69, 9.17) is 16.3 Å². The van der Waals surface area contributed by atoms with Gasteiger partial charge in [-0.15, -0.1) is 0 Å². The standard InChI is InChI=1S/C24H24ClN3O3S/c1-3-12-31-17-10-8-15(9-11-17)18-13-20(29)26-22-21(18)23(30)27-24(28(22)2)32-14-16-6-4-5-7-19(16)25/h4-11,18H,3,12-14H2,1-2H3,(H,26,29). The summed E-state index contributed by atoms with van der Waals surface area (Å²) in [6.45, 7) is 2.70. The summed E-state index contributed by atoms with van der Waals surface area (Å²) in [5.41, 5.74) is 2.03. The van der Waals surface area contributed by atoms with Gasteiger partial charge in [-0.3, -0.25) is 9.59 Å². The molecule has 1 atom stereocenters. The molecule has 2 heterocycles. The number of fused-ring (bicyclic) bond motifs is 1. The Hall–Kier alpha value is -2.77. The summed E-state index contributed by atoms with van der Waals surface area (Å²) in [4.78, 5) is 29.9. The number of nitrogens with one attached hydrogen (secondary N) is 1. The molecule has 2 aromatic carbocycles. The van der Waals surface area contributed by atoms with Crippen molar-refractivity contribution in [2.45, 2.75) is 36.6 Å². The molecule has 0 saturated heterocycles. The van der Waals surface area contributed by atoms with Crippen LogP contribution in [0.4, 0.5) is 5.82 Å². The van der Waals surface area contributed by atoms with Gasteiger partial charge < -0.3 is 14.6 Å². The number of carbonyl (C=O) groups is 1. The summed E-state index contributed by atoms with van der Waals surface area (Å²) < 4.78 is 7.43. The van der Waals surface area contributed by atoms with Gasteiger partial charge in [0.1, 0.15) is 11.6 Å². The van der Waals surface area contributed by atoms with Crippen LogP contribution in [0.25, 0.3) is 0 Å². The fourth-order valence-electron chi connectivity index (χ4n) is 3.72. The SMILES string of the molecule is CCCOc1ccc(C2CC(=O)Nc3c2c(=O)nc(SCc2ccccc2Cl)n3C)cc1. The van der Waals surface area contributed by atoms with Gasteiger partial charge in [-0.25, -0.2) is 0 Å². The third-order valence-corrected chi connectivity index (χ3v) is 6.82. The molecular formula is C24H24ClN3O3S. The van der Waals surface area contributed by atoms with Crippen molar-refractivity contribution in [2.24, 2.45) is 7.05 Å². The van der Waals surface area contributed by atoms with E-state index in [1.54, 1.807) is 4.57 Å². The van der Waals surface area contributed by atoms with Crippen molar-refractivity contribution < 1.29 is 9.53 Å². The number of benzene rings is 2. The first-order valence-corrected chi connectivity index (χ1v) is 11.8. The van der Waals surface area contributed by atoms with Crippen molar-refractivity contribution in [1.82, 2.24) is 9.55 Å². The molecule has 32 heavy (non-hydrogen) atoms. The van der Waals surface area contributed by atoms with E-state index in [9.17, 15) is 9.59 Å². The summed E-state index contributed by atoms with van der Waals surface area (Å²) in [6.07, 6.45) is 1.13. The molecule has 0 bridgehead atoms. The van der Waals surface area contributed by atoms with E-state index in [1.165, 1.54) is 11.8 Å². The lowest BCUT2D eigenvalue weighted by Gasteiger charge is -2.27. The number of carbonyl (C=O) groups excluding carboxylic acids is 1. The lowest BCUT2D eigenvalue weighted by molar-refractivity contribution is -0.116. The number of ether oxygens (including phenoxy) is 1. The van der Waals surface area contributed by atoms with E-state index in [0.29, 0.717) is 33.9 Å². The molecule has 0 aliphatic carbocycles. The highest BCUT2D eigenvalue weighted by molar-refractivity contribution is 7.98. The molecule has 1 aliphatic rings. The number of amides is 1. The second-order valence-electron chi connectivity index (χ2n) is 7.62. The van der Waals surface area contributed by atoms with Crippen LogP contribution in [0.2, 0.25) is 5.02 Å². The van der Waals surface area contributed by atoms with Gasteiger partial charge in [0.2, 0.25) is 5.91 Å². The Morgan fingerprint density at radius 1 is 1.19 bits per heavy atom. The average Bonchev–Trinajstić information content (AvgIpc) is 2.79. The van der Waals surface area contributed by atoms with Gasteiger partial charge in [-0.05, 0) is 35.7 Å². The van der Waals surface area contributed by atoms with E-state index < -0.39 is 0 Å². The number of hydrogen-bond acceptors (Lipinski definition) is 5. The van der Waals surface area contributed by atoms with Crippen LogP contribution >= 0.6 is 23.4 Å². The molecule has 166 valence electrons. The zero-order valence-electron chi connectivity index (χ0n) is 17.9. The molecule has 0 saturated carbocycles. The molecule has 8 heteroatoms. The predicted molar refractivity (Wildman–Crippen MR) is 128 cm³/mol. The normalized spacial score (nSPS) is 15.2. The van der Waals surface area contributed by atoms with Crippen LogP contribution in [0.3, 0.4) is 0 Å². The Morgan fingerprint density at radius 3 is 2.66 bits per heavy atom. The average molecular weight is 470 g/mol. The zero-order chi connectivity index (χ0) is 22.7. The number of rotatable bonds is 7. The van der Waals surface area contributed by atoms with Crippen LogP contribution in [0.5, 0.6) is 5.75 Å². The van der Waals surface area contributed by atoms with Crippen molar-refractivity contribution in [3.8, 4) is 5.75 Å². The molecule has 1 aliphatic heterocycles. The molecule has 1 aromatic heterocycles. The van der Waals surface area contributed by atoms with Crippen molar-refractivity contribution in [3.63, 3.8) is 0 Å². The van der Waals surface area contributed by atoms with Crippen molar-refractivity contribution in [3.05, 3.63) is 80.6 Å². The second kappa shape index (κ2) is 9.79. The minimum atomic E-state index is -0.354. The number of anilines is 1. The smallest absolute Gasteiger partial charge is 0.279 e. The summed E-state index contributed by atoms with van der Waals surface area (Å²) >= 11 is 7.66. The molecule has 4 rings (SSSR count). The van der Waals surface area contributed by atoms with E-state index in [-0.39, 0.29) is 23.8 Å². The summed E-state index contributed by atoms with van der Waals surface area (Å²) in [5, 5.41) is 4.07. The monoisotopic (exact) mass is 469 g/mol. The van der Waals surface area contributed by atoms with Crippen molar-refractivity contribution in [1.29, 1.82) is 0 Å². The van der Waals surface area contributed by atoms with E-state index >= 15 is 0 Å². The molecule has 0 spiro atoms. The number of aromatic nitrogens is 2. The fourth-order valence-corrected chi connectivity index (χ4v) is 4.97. The van der Waals surface area contributed by atoms with Crippen LogP contribution in [0, 0.1) is 0 Å². The first kappa shape index (κ1) is 22.4. The van der Waals surface area contributed by atoms with Crippen LogP contribution in [-0.4, -0.2) is 22.1 Å². The molecule has 6 nitrogen and oxygen atoms in total. The lowest BCUT2D eigenvalue weighted by Crippen LogP contribution is -2.33. The van der Waals surface area contributed by atoms with Gasteiger partial charge in [0.15, 0.2) is 5.16 Å². The van der Waals surface area contributed by atoms with Gasteiger partial charge in [0.05, 0.1) is 12.2 Å². The van der Waals surface area contributed by atoms with E-state index in [2.05, 4.69) is 17.2 Å². The van der Waals surface area contributed by atoms with Gasteiger partial charge in [-0.1, -0.05) is 60.6 Å². The maximum absolute atomic E-state index is 13.1. The Balaban J connectivity index is 1.65. The Bertz CT molecular complexity index is 1190. The fraction of sp³-hybridized carbons (Fsp3) is 0.292. The number of halogens is 1. The quantitative estimate of drug-likeness (QED) is 0.390. The first-order chi connectivity index (χ1) is 15.5. The Labute approximate surface area is 196 Å². The minimum Gasteiger partial charge on any atom is -0.494 e. The number of thioether (sulfide) groups is 1. The second-order valence-corrected chi connectivity index (χ2v) is 8.97. The summed E-state index contributed by atoms with van der Waals surface area (Å²) in [6, 6.07) is 15.2. The third-order valence-electron chi connectivity index (χ3n) is 5.37. The van der Waals surface area contributed by atoms with Crippen molar-refractivity contribution >= 4 is 35.1 Å². The zero-order valence-corrected chi connectivity index (χ0v) is 19.5. The van der Waals surface area contributed by atoms with Crippen molar-refractivity contribution in [2.75, 3.05) is 11.9 Å². The topological polar surface area (TPSA) is 73.2 Å². The van der Waals surface area contributed by atoms with Gasteiger partial charge in [-0.2, -0.15) is 4.98 Å². The van der Waals surface area contributed by atoms with E-state index in [1.807, 2.05) is 55.6 Å². The Kier molecular flexibility index (Phi) is 6.86. The van der Waals surface area contributed by atoms with Crippen LogP contribution in [-0.2, 0) is 17.6 Å². The molecule has 1 amide bonds. The number of hydrogen-bond donors (Lipinski definition) is 1. The highest BCUT2D eigenvalue weighted by atomic mass is 35.5. The third kappa shape index (κ3) is 4.69. The van der Waals surface area contributed by atoms with Gasteiger partial charge in [0, 0.05) is 30.2 Å². The largest absolute Gasteiger partial charge is 0.494 e. The molecular weight excluding hydrogens is 446 g/mol. The number of nitrogens with zero attached hydrogens (tertiary/aromatic N) is 2. The maximum Gasteiger partial charge on any atom is 0.279 e. The summed E-state index contributed by atoms with van der Waals surface area (Å²) in [7, 11) is 1.81. The lowest BCUT2D eigenvalue weighted by atomic mass is 9.87. The molecule has 1 unspecified atom stereocenters. The van der Waals surface area contributed by atoms with Crippen LogP contribution in [0.1, 0.15) is 42.4 Å². The minimum absolute atomic E-state index is 0.128.